The van der Waals surface area contributed by atoms with Gasteiger partial charge in [-0.2, -0.15) is 0 Å². The predicted octanol–water partition coefficient (Wildman–Crippen LogP) is 2.55. The van der Waals surface area contributed by atoms with Crippen molar-refractivity contribution in [2.24, 2.45) is 5.41 Å². The summed E-state index contributed by atoms with van der Waals surface area (Å²) in [6.45, 7) is 5.89. The Morgan fingerprint density at radius 1 is 1.23 bits per heavy atom. The maximum atomic E-state index is 12.2. The normalized spacial score (nSPS) is 21.6. The summed E-state index contributed by atoms with van der Waals surface area (Å²) >= 11 is 0. The van der Waals surface area contributed by atoms with Crippen LogP contribution < -0.4 is 15.4 Å². The molecule has 0 heterocycles. The molecule has 0 aliphatic heterocycles. The highest BCUT2D eigenvalue weighted by molar-refractivity contribution is 5.96. The van der Waals surface area contributed by atoms with Crippen LogP contribution in [0.2, 0.25) is 0 Å². The summed E-state index contributed by atoms with van der Waals surface area (Å²) in [7, 11) is 1.58. The zero-order valence-corrected chi connectivity index (χ0v) is 13.4. The molecule has 6 heteroatoms. The average molecular weight is 306 g/mol. The van der Waals surface area contributed by atoms with Crippen LogP contribution in [-0.2, 0) is 9.53 Å². The second kappa shape index (κ2) is 5.87. The van der Waals surface area contributed by atoms with Gasteiger partial charge in [-0.3, -0.25) is 0 Å². The smallest absolute Gasteiger partial charge is 0.332 e. The van der Waals surface area contributed by atoms with Gasteiger partial charge in [0.05, 0.1) is 13.7 Å². The predicted molar refractivity (Wildman–Crippen MR) is 82.9 cm³/mol. The van der Waals surface area contributed by atoms with Crippen molar-refractivity contribution in [3.63, 3.8) is 0 Å². The largest absolute Gasteiger partial charge is 0.497 e. The Bertz CT molecular complexity index is 568. The number of amides is 2. The molecule has 2 N–H and O–H groups in total. The summed E-state index contributed by atoms with van der Waals surface area (Å²) in [5, 5.41) is 5.47. The Morgan fingerprint density at radius 2 is 1.82 bits per heavy atom. The molecule has 1 aliphatic carbocycles. The minimum atomic E-state index is -0.945. The van der Waals surface area contributed by atoms with Crippen molar-refractivity contribution in [1.29, 1.82) is 0 Å². The summed E-state index contributed by atoms with van der Waals surface area (Å²) in [5.74, 6) is 0.321. The maximum Gasteiger partial charge on any atom is 0.332 e. The van der Waals surface area contributed by atoms with Crippen LogP contribution in [0.15, 0.2) is 24.3 Å². The summed E-state index contributed by atoms with van der Waals surface area (Å²) in [5.41, 5.74) is -0.633. The van der Waals surface area contributed by atoms with Gasteiger partial charge in [0, 0.05) is 11.1 Å². The van der Waals surface area contributed by atoms with Crippen molar-refractivity contribution < 1.29 is 19.1 Å². The molecule has 1 aromatic rings. The van der Waals surface area contributed by atoms with Gasteiger partial charge in [0.15, 0.2) is 0 Å². The third-order valence-electron chi connectivity index (χ3n) is 4.04. The molecule has 22 heavy (non-hydrogen) atoms. The Labute approximate surface area is 130 Å². The van der Waals surface area contributed by atoms with Crippen molar-refractivity contribution in [3.8, 4) is 5.75 Å². The van der Waals surface area contributed by atoms with Crippen LogP contribution >= 0.6 is 0 Å². The first-order valence-corrected chi connectivity index (χ1v) is 7.25. The molecule has 2 amide bonds. The van der Waals surface area contributed by atoms with Gasteiger partial charge in [0.2, 0.25) is 0 Å². The van der Waals surface area contributed by atoms with Crippen molar-refractivity contribution in [3.05, 3.63) is 24.3 Å². The number of ether oxygens (including phenoxy) is 2. The molecule has 0 bridgehead atoms. The van der Waals surface area contributed by atoms with E-state index in [1.54, 1.807) is 38.3 Å². The Kier molecular flexibility index (Phi) is 4.30. The quantitative estimate of drug-likeness (QED) is 0.820. The number of hydrogen-bond donors (Lipinski definition) is 2. The first-order valence-electron chi connectivity index (χ1n) is 7.25. The molecule has 0 radical (unpaired) electrons. The van der Waals surface area contributed by atoms with Gasteiger partial charge in [0.1, 0.15) is 11.3 Å². The standard InChI is InChI=1S/C16H22N2O4/c1-5-22-13(19)16(10-15(16,2)3)18-14(20)17-11-6-8-12(21-4)9-7-11/h6-9H,5,10H2,1-4H3,(H2,17,18,20). The average Bonchev–Trinajstić information content (AvgIpc) is 3.02. The first kappa shape index (κ1) is 16.1. The zero-order valence-electron chi connectivity index (χ0n) is 13.4. The lowest BCUT2D eigenvalue weighted by molar-refractivity contribution is -0.147. The lowest BCUT2D eigenvalue weighted by Crippen LogP contribution is -2.49. The summed E-state index contributed by atoms with van der Waals surface area (Å²) in [6, 6.07) is 6.53. The maximum absolute atomic E-state index is 12.2. The number of methoxy groups -OCH3 is 1. The number of urea groups is 1. The molecule has 1 atom stereocenters. The molecule has 1 aromatic carbocycles. The highest BCUT2D eigenvalue weighted by Crippen LogP contribution is 2.56. The molecule has 2 rings (SSSR count). The first-order chi connectivity index (χ1) is 10.3. The third-order valence-corrected chi connectivity index (χ3v) is 4.04. The monoisotopic (exact) mass is 306 g/mol. The van der Waals surface area contributed by atoms with E-state index >= 15 is 0 Å². The second-order valence-corrected chi connectivity index (χ2v) is 5.99. The van der Waals surface area contributed by atoms with Gasteiger partial charge in [-0.05, 0) is 37.6 Å². The third kappa shape index (κ3) is 3.00. The highest BCUT2D eigenvalue weighted by atomic mass is 16.5. The number of esters is 1. The zero-order chi connectivity index (χ0) is 16.4. The van der Waals surface area contributed by atoms with E-state index in [0.29, 0.717) is 24.5 Å². The lowest BCUT2D eigenvalue weighted by atomic mass is 10.1. The molecular formula is C16H22N2O4. The summed E-state index contributed by atoms with van der Waals surface area (Å²) < 4.78 is 10.1. The Hall–Kier alpha value is -2.24. The van der Waals surface area contributed by atoms with Gasteiger partial charge in [-0.25, -0.2) is 9.59 Å². The minimum absolute atomic E-state index is 0.290. The Balaban J connectivity index is 2.02. The van der Waals surface area contributed by atoms with Gasteiger partial charge in [-0.1, -0.05) is 13.8 Å². The molecular weight excluding hydrogens is 284 g/mol. The molecule has 1 aliphatic rings. The van der Waals surface area contributed by atoms with E-state index in [1.807, 2.05) is 13.8 Å². The van der Waals surface area contributed by atoms with E-state index in [1.165, 1.54) is 0 Å². The van der Waals surface area contributed by atoms with Gasteiger partial charge < -0.3 is 20.1 Å². The minimum Gasteiger partial charge on any atom is -0.497 e. The fraction of sp³-hybridized carbons (Fsp3) is 0.500. The molecule has 1 saturated carbocycles. The van der Waals surface area contributed by atoms with Crippen LogP contribution in [0.5, 0.6) is 5.75 Å². The van der Waals surface area contributed by atoms with E-state index in [9.17, 15) is 9.59 Å². The van der Waals surface area contributed by atoms with Crippen molar-refractivity contribution in [2.45, 2.75) is 32.7 Å². The van der Waals surface area contributed by atoms with Crippen LogP contribution in [0, 0.1) is 5.41 Å². The fourth-order valence-corrected chi connectivity index (χ4v) is 2.52. The number of anilines is 1. The van der Waals surface area contributed by atoms with Gasteiger partial charge in [0.25, 0.3) is 0 Å². The van der Waals surface area contributed by atoms with E-state index in [4.69, 9.17) is 9.47 Å². The SMILES string of the molecule is CCOC(=O)C1(NC(=O)Nc2ccc(OC)cc2)CC1(C)C. The van der Waals surface area contributed by atoms with Crippen LogP contribution in [0.1, 0.15) is 27.2 Å². The highest BCUT2D eigenvalue weighted by Gasteiger charge is 2.68. The number of benzene rings is 1. The van der Waals surface area contributed by atoms with Crippen LogP contribution in [0.25, 0.3) is 0 Å². The molecule has 0 aromatic heterocycles. The molecule has 0 saturated heterocycles. The molecule has 6 nitrogen and oxygen atoms in total. The van der Waals surface area contributed by atoms with Crippen molar-refractivity contribution in [2.75, 3.05) is 19.0 Å². The lowest BCUT2D eigenvalue weighted by Gasteiger charge is -2.20. The van der Waals surface area contributed by atoms with Gasteiger partial charge in [-0.15, -0.1) is 0 Å². The topological polar surface area (TPSA) is 76.7 Å². The number of rotatable bonds is 5. The van der Waals surface area contributed by atoms with E-state index < -0.39 is 11.6 Å². The van der Waals surface area contributed by atoms with E-state index in [2.05, 4.69) is 10.6 Å². The van der Waals surface area contributed by atoms with Crippen LogP contribution in [0.3, 0.4) is 0 Å². The fourth-order valence-electron chi connectivity index (χ4n) is 2.52. The van der Waals surface area contributed by atoms with E-state index in [-0.39, 0.29) is 11.4 Å². The second-order valence-electron chi connectivity index (χ2n) is 5.99. The number of hydrogen-bond acceptors (Lipinski definition) is 4. The van der Waals surface area contributed by atoms with Crippen molar-refractivity contribution in [1.82, 2.24) is 5.32 Å². The summed E-state index contributed by atoms with van der Waals surface area (Å²) in [6.07, 6.45) is 0.564. The van der Waals surface area contributed by atoms with E-state index in [0.717, 1.165) is 0 Å². The molecule has 1 unspecified atom stereocenters. The number of nitrogens with one attached hydrogen (secondary N) is 2. The Morgan fingerprint density at radius 3 is 2.27 bits per heavy atom. The van der Waals surface area contributed by atoms with Crippen LogP contribution in [0.4, 0.5) is 10.5 Å². The molecule has 1 fully saturated rings. The summed E-state index contributed by atoms with van der Waals surface area (Å²) in [4.78, 5) is 24.3. The van der Waals surface area contributed by atoms with Gasteiger partial charge >= 0.3 is 12.0 Å². The van der Waals surface area contributed by atoms with Crippen LogP contribution in [-0.4, -0.2) is 31.3 Å². The molecule has 0 spiro atoms. The number of carbonyl (C=O) groups is 2. The van der Waals surface area contributed by atoms with Crippen molar-refractivity contribution >= 4 is 17.7 Å². The number of carbonyl (C=O) groups excluding carboxylic acids is 2. The molecule has 120 valence electrons.